The predicted octanol–water partition coefficient (Wildman–Crippen LogP) is 2.54. The molecule has 7 nitrogen and oxygen atoms in total. The smallest absolute Gasteiger partial charge is 0.316 e. The summed E-state index contributed by atoms with van der Waals surface area (Å²) in [7, 11) is 0. The number of fused-ring (bicyclic) bond motifs is 3. The summed E-state index contributed by atoms with van der Waals surface area (Å²) in [4.78, 5) is 23.9. The van der Waals surface area contributed by atoms with Crippen LogP contribution >= 0.6 is 0 Å². The molecule has 0 spiro atoms. The van der Waals surface area contributed by atoms with Gasteiger partial charge < -0.3 is 25.7 Å². The van der Waals surface area contributed by atoms with Crippen molar-refractivity contribution in [2.45, 2.75) is 13.0 Å². The zero-order valence-electron chi connectivity index (χ0n) is 15.4. The van der Waals surface area contributed by atoms with Crippen LogP contribution in [0.3, 0.4) is 0 Å². The van der Waals surface area contributed by atoms with Crippen molar-refractivity contribution in [1.82, 2.24) is 9.88 Å². The topological polar surface area (TPSA) is 98.4 Å². The molecular formula is C21H22N4O3. The Morgan fingerprint density at radius 1 is 1.11 bits per heavy atom. The van der Waals surface area contributed by atoms with Gasteiger partial charge in [-0.2, -0.15) is 0 Å². The number of amides is 2. The second-order valence-corrected chi connectivity index (χ2v) is 6.72. The van der Waals surface area contributed by atoms with E-state index in [1.165, 1.54) is 0 Å². The number of carbonyl (C=O) groups is 2. The van der Waals surface area contributed by atoms with Crippen LogP contribution in [0, 0.1) is 0 Å². The summed E-state index contributed by atoms with van der Waals surface area (Å²) in [5.41, 5.74) is 8.58. The Bertz CT molecular complexity index is 1020. The van der Waals surface area contributed by atoms with Crippen molar-refractivity contribution in [3.05, 3.63) is 59.8 Å². The van der Waals surface area contributed by atoms with Gasteiger partial charge in [0.25, 0.3) is 0 Å². The quantitative estimate of drug-likeness (QED) is 0.594. The normalized spacial score (nSPS) is 13.6. The first-order chi connectivity index (χ1) is 13.6. The van der Waals surface area contributed by atoms with Gasteiger partial charge in [0.1, 0.15) is 5.75 Å². The van der Waals surface area contributed by atoms with Crippen LogP contribution in [0.25, 0.3) is 10.9 Å². The van der Waals surface area contributed by atoms with Crippen LogP contribution in [0.5, 0.6) is 5.75 Å². The summed E-state index contributed by atoms with van der Waals surface area (Å²) >= 11 is 0. The number of primary amides is 1. The van der Waals surface area contributed by atoms with Gasteiger partial charge in [0.15, 0.2) is 6.61 Å². The van der Waals surface area contributed by atoms with E-state index in [9.17, 15) is 9.59 Å². The molecule has 0 saturated carbocycles. The Hall–Kier alpha value is -3.32. The molecule has 1 aromatic heterocycles. The zero-order valence-corrected chi connectivity index (χ0v) is 15.4. The molecule has 2 amide bonds. The number of ether oxygens (including phenoxy) is 1. The summed E-state index contributed by atoms with van der Waals surface area (Å²) in [5.74, 6) is 0.519. The number of nitrogens with two attached hydrogens (primary N) is 1. The molecule has 2 aromatic carbocycles. The molecule has 28 heavy (non-hydrogen) atoms. The van der Waals surface area contributed by atoms with Crippen molar-refractivity contribution in [3.8, 4) is 5.75 Å². The largest absolute Gasteiger partial charge is 0.485 e. The first-order valence-corrected chi connectivity index (χ1v) is 9.27. The maximum absolute atomic E-state index is 13.1. The fraction of sp³-hybridized carbons (Fsp3) is 0.238. The molecule has 7 heteroatoms. The van der Waals surface area contributed by atoms with E-state index in [4.69, 9.17) is 10.5 Å². The number of aromatic nitrogens is 1. The zero-order chi connectivity index (χ0) is 19.5. The minimum absolute atomic E-state index is 0.0359. The lowest BCUT2D eigenvalue weighted by Crippen LogP contribution is -2.19. The lowest BCUT2D eigenvalue weighted by molar-refractivity contribution is 0.0922. The lowest BCUT2D eigenvalue weighted by atomic mass is 10.1. The molecule has 0 unspecified atom stereocenters. The van der Waals surface area contributed by atoms with Gasteiger partial charge in [0.2, 0.25) is 5.78 Å². The molecule has 144 valence electrons. The van der Waals surface area contributed by atoms with Crippen molar-refractivity contribution in [3.63, 3.8) is 0 Å². The Labute approximate surface area is 162 Å². The minimum Gasteiger partial charge on any atom is -0.485 e. The third-order valence-electron chi connectivity index (χ3n) is 4.90. The molecular weight excluding hydrogens is 356 g/mol. The molecule has 4 N–H and O–H groups in total. The summed E-state index contributed by atoms with van der Waals surface area (Å²) in [6.45, 7) is 2.54. The van der Waals surface area contributed by atoms with Gasteiger partial charge >= 0.3 is 6.03 Å². The van der Waals surface area contributed by atoms with Crippen LogP contribution in [-0.4, -0.2) is 36.1 Å². The van der Waals surface area contributed by atoms with Gasteiger partial charge in [-0.15, -0.1) is 0 Å². The van der Waals surface area contributed by atoms with Crippen molar-refractivity contribution in [2.75, 3.05) is 25.0 Å². The second-order valence-electron chi connectivity index (χ2n) is 6.72. The highest BCUT2D eigenvalue weighted by molar-refractivity contribution is 6.10. The van der Waals surface area contributed by atoms with Gasteiger partial charge in [-0.3, -0.25) is 4.79 Å². The van der Waals surface area contributed by atoms with E-state index in [1.807, 2.05) is 18.2 Å². The fourth-order valence-electron chi connectivity index (χ4n) is 3.70. The number of para-hydroxylation sites is 1. The minimum atomic E-state index is -0.625. The van der Waals surface area contributed by atoms with E-state index >= 15 is 0 Å². The standard InChI is InChI=1S/C21H22N4O3/c22-21(27)24-14-5-7-15(8-6-14)28-13-19(26)20-16-3-1-2-4-17(16)25-12-11-23-10-9-18(20)25/h1-8,23H,9-13H2,(H3,22,24,27). The average Bonchev–Trinajstić information content (AvgIpc) is 2.83. The maximum atomic E-state index is 13.1. The van der Waals surface area contributed by atoms with Crippen LogP contribution in [0.1, 0.15) is 16.1 Å². The van der Waals surface area contributed by atoms with Crippen molar-refractivity contribution >= 4 is 28.4 Å². The number of urea groups is 1. The Morgan fingerprint density at radius 2 is 1.89 bits per heavy atom. The second kappa shape index (κ2) is 7.74. The Balaban J connectivity index is 1.56. The summed E-state index contributed by atoms with van der Waals surface area (Å²) in [5, 5.41) is 6.85. The maximum Gasteiger partial charge on any atom is 0.316 e. The molecule has 0 fully saturated rings. The van der Waals surface area contributed by atoms with E-state index in [0.29, 0.717) is 11.4 Å². The number of nitrogens with one attached hydrogen (secondary N) is 2. The average molecular weight is 378 g/mol. The van der Waals surface area contributed by atoms with E-state index < -0.39 is 6.03 Å². The predicted molar refractivity (Wildman–Crippen MR) is 108 cm³/mol. The molecule has 0 saturated heterocycles. The molecule has 1 aliphatic rings. The highest BCUT2D eigenvalue weighted by Gasteiger charge is 2.23. The van der Waals surface area contributed by atoms with Gasteiger partial charge in [0.05, 0.1) is 5.56 Å². The number of ketones is 1. The number of nitrogens with zero attached hydrogens (tertiary/aromatic N) is 1. The van der Waals surface area contributed by atoms with Gasteiger partial charge in [0, 0.05) is 48.3 Å². The summed E-state index contributed by atoms with van der Waals surface area (Å²) in [6.07, 6.45) is 0.809. The van der Waals surface area contributed by atoms with E-state index in [1.54, 1.807) is 24.3 Å². The van der Waals surface area contributed by atoms with Crippen LogP contribution in [0.4, 0.5) is 10.5 Å². The molecule has 0 bridgehead atoms. The third kappa shape index (κ3) is 3.57. The highest BCUT2D eigenvalue weighted by Crippen LogP contribution is 2.28. The van der Waals surface area contributed by atoms with Crippen LogP contribution in [0.15, 0.2) is 48.5 Å². The first-order valence-electron chi connectivity index (χ1n) is 9.27. The number of rotatable bonds is 5. The highest BCUT2D eigenvalue weighted by atomic mass is 16.5. The molecule has 4 rings (SSSR count). The van der Waals surface area contributed by atoms with Gasteiger partial charge in [-0.1, -0.05) is 18.2 Å². The lowest BCUT2D eigenvalue weighted by Gasteiger charge is -2.09. The first kappa shape index (κ1) is 18.1. The van der Waals surface area contributed by atoms with E-state index in [2.05, 4.69) is 21.3 Å². The SMILES string of the molecule is NC(=O)Nc1ccc(OCC(=O)c2c3n(c4ccccc24)CCNCC3)cc1. The van der Waals surface area contributed by atoms with E-state index in [0.717, 1.165) is 48.2 Å². The molecule has 0 atom stereocenters. The van der Waals surface area contributed by atoms with E-state index in [-0.39, 0.29) is 12.4 Å². The monoisotopic (exact) mass is 378 g/mol. The molecule has 1 aliphatic heterocycles. The molecule has 2 heterocycles. The van der Waals surface area contributed by atoms with Crippen LogP contribution < -0.4 is 21.1 Å². The molecule has 0 aliphatic carbocycles. The number of carbonyl (C=O) groups excluding carboxylic acids is 2. The summed E-state index contributed by atoms with van der Waals surface area (Å²) < 4.78 is 7.95. The Kier molecular flexibility index (Phi) is 4.99. The molecule has 3 aromatic rings. The van der Waals surface area contributed by atoms with Crippen molar-refractivity contribution < 1.29 is 14.3 Å². The number of benzene rings is 2. The number of hydrogen-bond donors (Lipinski definition) is 3. The number of anilines is 1. The number of Topliss-reactive ketones (excluding diaryl/α,β-unsaturated/α-hetero) is 1. The van der Waals surface area contributed by atoms with Crippen LogP contribution in [0.2, 0.25) is 0 Å². The fourth-order valence-corrected chi connectivity index (χ4v) is 3.70. The van der Waals surface area contributed by atoms with Gasteiger partial charge in [-0.05, 0) is 30.3 Å². The summed E-state index contributed by atoms with van der Waals surface area (Å²) in [6, 6.07) is 14.1. The Morgan fingerprint density at radius 3 is 2.68 bits per heavy atom. The number of hydrogen-bond acceptors (Lipinski definition) is 4. The van der Waals surface area contributed by atoms with Crippen molar-refractivity contribution in [1.29, 1.82) is 0 Å². The van der Waals surface area contributed by atoms with Crippen LogP contribution in [-0.2, 0) is 13.0 Å². The van der Waals surface area contributed by atoms with Crippen molar-refractivity contribution in [2.24, 2.45) is 5.73 Å². The third-order valence-corrected chi connectivity index (χ3v) is 4.90. The molecule has 0 radical (unpaired) electrons. The van der Waals surface area contributed by atoms with Gasteiger partial charge in [-0.25, -0.2) is 4.79 Å².